The van der Waals surface area contributed by atoms with Crippen LogP contribution >= 0.6 is 11.6 Å². The third-order valence-electron chi connectivity index (χ3n) is 2.36. The maximum absolute atomic E-state index is 9.66. The number of aliphatic hydroxyl groups excluding tert-OH is 1. The highest BCUT2D eigenvalue weighted by atomic mass is 35.5. The molecule has 1 unspecified atom stereocenters. The van der Waals surface area contributed by atoms with E-state index in [-0.39, 0.29) is 6.61 Å². The van der Waals surface area contributed by atoms with Gasteiger partial charge in [-0.1, -0.05) is 43.6 Å². The highest BCUT2D eigenvalue weighted by molar-refractivity contribution is 6.31. The van der Waals surface area contributed by atoms with Crippen molar-refractivity contribution in [1.82, 2.24) is 5.48 Å². The Bertz CT molecular complexity index is 360. The Morgan fingerprint density at radius 2 is 2.00 bits per heavy atom. The first kappa shape index (κ1) is 16.4. The summed E-state index contributed by atoms with van der Waals surface area (Å²) in [6.07, 6.45) is -0.602. The van der Waals surface area contributed by atoms with Crippen LogP contribution in [0.1, 0.15) is 19.4 Å². The molecule has 1 aromatic carbocycles. The molecule has 19 heavy (non-hydrogen) atoms. The van der Waals surface area contributed by atoms with E-state index in [0.29, 0.717) is 30.7 Å². The van der Waals surface area contributed by atoms with E-state index >= 15 is 0 Å². The number of halogens is 1. The Morgan fingerprint density at radius 1 is 1.26 bits per heavy atom. The van der Waals surface area contributed by atoms with Crippen molar-refractivity contribution in [3.63, 3.8) is 0 Å². The van der Waals surface area contributed by atoms with Crippen LogP contribution in [0.15, 0.2) is 24.3 Å². The van der Waals surface area contributed by atoms with Gasteiger partial charge in [-0.15, -0.1) is 0 Å². The van der Waals surface area contributed by atoms with Gasteiger partial charge in [0.15, 0.2) is 0 Å². The lowest BCUT2D eigenvalue weighted by Crippen LogP contribution is -2.31. The van der Waals surface area contributed by atoms with Gasteiger partial charge in [0.1, 0.15) is 0 Å². The van der Waals surface area contributed by atoms with Crippen LogP contribution in [0.4, 0.5) is 0 Å². The monoisotopic (exact) mass is 287 g/mol. The summed E-state index contributed by atoms with van der Waals surface area (Å²) in [6, 6.07) is 7.50. The average molecular weight is 288 g/mol. The Morgan fingerprint density at radius 3 is 2.68 bits per heavy atom. The molecule has 0 aliphatic carbocycles. The maximum Gasteiger partial charge on any atom is 0.0921 e. The van der Waals surface area contributed by atoms with Gasteiger partial charge in [-0.25, -0.2) is 0 Å². The zero-order valence-electron chi connectivity index (χ0n) is 11.4. The fraction of sp³-hybridized carbons (Fsp3) is 0.571. The van der Waals surface area contributed by atoms with E-state index in [4.69, 9.17) is 21.2 Å². The first-order valence-electron chi connectivity index (χ1n) is 6.43. The minimum atomic E-state index is -0.602. The fourth-order valence-corrected chi connectivity index (χ4v) is 1.55. The molecule has 2 N–H and O–H groups in total. The van der Waals surface area contributed by atoms with Crippen molar-refractivity contribution >= 4 is 11.6 Å². The van der Waals surface area contributed by atoms with Gasteiger partial charge in [-0.3, -0.25) is 0 Å². The molecule has 0 radical (unpaired) electrons. The molecule has 0 aliphatic rings. The lowest BCUT2D eigenvalue weighted by atomic mass is 10.2. The van der Waals surface area contributed by atoms with Crippen molar-refractivity contribution in [2.24, 2.45) is 5.92 Å². The first-order chi connectivity index (χ1) is 9.09. The Balaban J connectivity index is 2.10. The molecule has 0 spiro atoms. The van der Waals surface area contributed by atoms with E-state index in [1.165, 1.54) is 0 Å². The van der Waals surface area contributed by atoms with Gasteiger partial charge >= 0.3 is 0 Å². The topological polar surface area (TPSA) is 50.7 Å². The SMILES string of the molecule is CC(C)CONCC(O)COCc1ccccc1Cl. The predicted octanol–water partition coefficient (Wildman–Crippen LogP) is 2.39. The molecule has 0 heterocycles. The van der Waals surface area contributed by atoms with E-state index in [2.05, 4.69) is 19.3 Å². The summed E-state index contributed by atoms with van der Waals surface area (Å²) in [7, 11) is 0. The molecule has 0 bridgehead atoms. The zero-order chi connectivity index (χ0) is 14.1. The van der Waals surface area contributed by atoms with Crippen molar-refractivity contribution < 1.29 is 14.7 Å². The molecular weight excluding hydrogens is 266 g/mol. The van der Waals surface area contributed by atoms with E-state index in [9.17, 15) is 5.11 Å². The Labute approximate surface area is 119 Å². The third kappa shape index (κ3) is 7.50. The second-order valence-electron chi connectivity index (χ2n) is 4.81. The number of nitrogens with one attached hydrogen (secondary N) is 1. The molecule has 0 aromatic heterocycles. The van der Waals surface area contributed by atoms with Gasteiger partial charge in [0.05, 0.1) is 25.9 Å². The Kier molecular flexibility index (Phi) is 8.02. The molecule has 1 aromatic rings. The lowest BCUT2D eigenvalue weighted by Gasteiger charge is -2.13. The molecule has 5 heteroatoms. The smallest absolute Gasteiger partial charge is 0.0921 e. The lowest BCUT2D eigenvalue weighted by molar-refractivity contribution is -0.0253. The van der Waals surface area contributed by atoms with Gasteiger partial charge in [0.25, 0.3) is 0 Å². The number of rotatable bonds is 9. The summed E-state index contributed by atoms with van der Waals surface area (Å²) in [5.74, 6) is 0.459. The number of ether oxygens (including phenoxy) is 1. The second-order valence-corrected chi connectivity index (χ2v) is 5.22. The predicted molar refractivity (Wildman–Crippen MR) is 75.9 cm³/mol. The first-order valence-corrected chi connectivity index (χ1v) is 6.81. The molecule has 0 fully saturated rings. The molecule has 0 saturated carbocycles. The number of benzene rings is 1. The fourth-order valence-electron chi connectivity index (χ4n) is 1.36. The number of hydrogen-bond donors (Lipinski definition) is 2. The van der Waals surface area contributed by atoms with Gasteiger partial charge < -0.3 is 14.7 Å². The molecule has 0 aliphatic heterocycles. The average Bonchev–Trinajstić information content (AvgIpc) is 2.37. The molecule has 108 valence electrons. The van der Waals surface area contributed by atoms with Crippen molar-refractivity contribution in [2.75, 3.05) is 19.8 Å². The molecule has 1 atom stereocenters. The molecule has 1 rings (SSSR count). The van der Waals surface area contributed by atoms with Crippen LogP contribution in [-0.4, -0.2) is 31.0 Å². The minimum Gasteiger partial charge on any atom is -0.389 e. The van der Waals surface area contributed by atoms with Gasteiger partial charge in [0.2, 0.25) is 0 Å². The van der Waals surface area contributed by atoms with Crippen LogP contribution in [0.3, 0.4) is 0 Å². The standard InChI is InChI=1S/C14H22ClNO3/c1-11(2)8-19-16-7-13(17)10-18-9-12-5-3-4-6-14(12)15/h3-6,11,13,16-17H,7-10H2,1-2H3. The van der Waals surface area contributed by atoms with Crippen LogP contribution in [0.5, 0.6) is 0 Å². The largest absolute Gasteiger partial charge is 0.389 e. The van der Waals surface area contributed by atoms with Crippen molar-refractivity contribution in [3.05, 3.63) is 34.9 Å². The van der Waals surface area contributed by atoms with Crippen molar-refractivity contribution in [2.45, 2.75) is 26.6 Å². The summed E-state index contributed by atoms with van der Waals surface area (Å²) in [5, 5.41) is 10.3. The van der Waals surface area contributed by atoms with E-state index < -0.39 is 6.10 Å². The van der Waals surface area contributed by atoms with Crippen LogP contribution in [0.25, 0.3) is 0 Å². The highest BCUT2D eigenvalue weighted by Gasteiger charge is 2.05. The summed E-state index contributed by atoms with van der Waals surface area (Å²) in [4.78, 5) is 5.16. The van der Waals surface area contributed by atoms with E-state index in [0.717, 1.165) is 5.56 Å². The van der Waals surface area contributed by atoms with Gasteiger partial charge in [-0.2, -0.15) is 5.48 Å². The number of aliphatic hydroxyl groups is 1. The summed E-state index contributed by atoms with van der Waals surface area (Å²) >= 11 is 6.00. The van der Waals surface area contributed by atoms with Crippen LogP contribution < -0.4 is 5.48 Å². The summed E-state index contributed by atoms with van der Waals surface area (Å²) in [6.45, 7) is 5.71. The van der Waals surface area contributed by atoms with Gasteiger partial charge in [0, 0.05) is 11.6 Å². The van der Waals surface area contributed by atoms with Crippen LogP contribution in [0.2, 0.25) is 5.02 Å². The third-order valence-corrected chi connectivity index (χ3v) is 2.73. The van der Waals surface area contributed by atoms with Gasteiger partial charge in [-0.05, 0) is 17.5 Å². The molecule has 0 saturated heterocycles. The van der Waals surface area contributed by atoms with Crippen molar-refractivity contribution in [3.8, 4) is 0 Å². The minimum absolute atomic E-state index is 0.239. The quantitative estimate of drug-likeness (QED) is 0.541. The highest BCUT2D eigenvalue weighted by Crippen LogP contribution is 2.15. The summed E-state index contributed by atoms with van der Waals surface area (Å²) < 4.78 is 5.41. The second kappa shape index (κ2) is 9.28. The number of hydrogen-bond acceptors (Lipinski definition) is 4. The van der Waals surface area contributed by atoms with E-state index in [1.807, 2.05) is 24.3 Å². The van der Waals surface area contributed by atoms with E-state index in [1.54, 1.807) is 0 Å². The zero-order valence-corrected chi connectivity index (χ0v) is 12.2. The molecule has 0 amide bonds. The van der Waals surface area contributed by atoms with Crippen molar-refractivity contribution in [1.29, 1.82) is 0 Å². The van der Waals surface area contributed by atoms with Crippen LogP contribution in [0, 0.1) is 5.92 Å². The Hall–Kier alpha value is -0.650. The number of hydroxylamine groups is 1. The normalized spacial score (nSPS) is 12.9. The summed E-state index contributed by atoms with van der Waals surface area (Å²) in [5.41, 5.74) is 3.64. The molecular formula is C14H22ClNO3. The maximum atomic E-state index is 9.66. The molecule has 4 nitrogen and oxygen atoms in total. The van der Waals surface area contributed by atoms with Crippen LogP contribution in [-0.2, 0) is 16.2 Å².